The van der Waals surface area contributed by atoms with Crippen molar-refractivity contribution in [2.24, 2.45) is 0 Å². The number of sulfonamides is 1. The van der Waals surface area contributed by atoms with Crippen LogP contribution in [0.25, 0.3) is 0 Å². The molecule has 1 aromatic heterocycles. The number of benzene rings is 1. The van der Waals surface area contributed by atoms with Crippen molar-refractivity contribution in [2.75, 3.05) is 4.72 Å². The van der Waals surface area contributed by atoms with Gasteiger partial charge in [-0.3, -0.25) is 4.72 Å². The lowest BCUT2D eigenvalue weighted by atomic mass is 10.4. The van der Waals surface area contributed by atoms with Crippen LogP contribution < -0.4 is 4.72 Å². The average Bonchev–Trinajstić information content (AvgIpc) is 2.27. The third-order valence-electron chi connectivity index (χ3n) is 2.14. The number of aromatic nitrogens is 1. The largest absolute Gasteiger partial charge is 0.279 e. The molecular weight excluding hydrogens is 419 g/mol. The zero-order valence-electron chi connectivity index (χ0n) is 9.27. The molecule has 0 bridgehead atoms. The highest BCUT2D eigenvalue weighted by molar-refractivity contribution is 9.11. The Labute approximate surface area is 132 Å². The lowest BCUT2D eigenvalue weighted by Gasteiger charge is -2.08. The highest BCUT2D eigenvalue weighted by Gasteiger charge is 2.14. The molecule has 0 fully saturated rings. The molecule has 100 valence electrons. The molecule has 1 heterocycles. The lowest BCUT2D eigenvalue weighted by Crippen LogP contribution is -2.13. The normalized spacial score (nSPS) is 11.3. The second kappa shape index (κ2) is 5.78. The Morgan fingerprint density at radius 1 is 1.05 bits per heavy atom. The molecule has 19 heavy (non-hydrogen) atoms. The van der Waals surface area contributed by atoms with Crippen molar-refractivity contribution in [1.29, 1.82) is 0 Å². The number of nitrogens with one attached hydrogen (secondary N) is 1. The molecule has 1 N–H and O–H groups in total. The van der Waals surface area contributed by atoms with Crippen LogP contribution in [0.3, 0.4) is 0 Å². The van der Waals surface area contributed by atoms with Crippen LogP contribution in [0.15, 0.2) is 50.5 Å². The molecule has 0 aliphatic carbocycles. The number of pyridine rings is 1. The fourth-order valence-corrected chi connectivity index (χ4v) is 3.63. The fraction of sp³-hybridized carbons (Fsp3) is 0. The van der Waals surface area contributed by atoms with Gasteiger partial charge >= 0.3 is 0 Å². The first-order valence-electron chi connectivity index (χ1n) is 4.98. The average molecular weight is 427 g/mol. The molecule has 0 aliphatic heterocycles. The van der Waals surface area contributed by atoms with Crippen LogP contribution in [0.4, 0.5) is 5.69 Å². The van der Waals surface area contributed by atoms with E-state index in [1.54, 1.807) is 12.1 Å². The van der Waals surface area contributed by atoms with Gasteiger partial charge in [-0.15, -0.1) is 0 Å². The maximum atomic E-state index is 12.1. The van der Waals surface area contributed by atoms with Gasteiger partial charge in [0, 0.05) is 5.02 Å². The molecule has 0 atom stereocenters. The van der Waals surface area contributed by atoms with Crippen molar-refractivity contribution < 1.29 is 8.42 Å². The van der Waals surface area contributed by atoms with Crippen molar-refractivity contribution in [2.45, 2.75) is 4.90 Å². The molecule has 0 unspecified atom stereocenters. The summed E-state index contributed by atoms with van der Waals surface area (Å²) < 4.78 is 27.8. The predicted octanol–water partition coefficient (Wildman–Crippen LogP) is 4.06. The van der Waals surface area contributed by atoms with Gasteiger partial charge in [-0.25, -0.2) is 13.4 Å². The molecule has 1 aromatic carbocycles. The predicted molar refractivity (Wildman–Crippen MR) is 81.9 cm³/mol. The number of halogens is 3. The van der Waals surface area contributed by atoms with Crippen LogP contribution >= 0.6 is 43.5 Å². The first kappa shape index (κ1) is 14.8. The smallest absolute Gasteiger partial charge is 0.261 e. The minimum Gasteiger partial charge on any atom is -0.279 e. The van der Waals surface area contributed by atoms with E-state index in [1.165, 1.54) is 24.3 Å². The summed E-state index contributed by atoms with van der Waals surface area (Å²) >= 11 is 12.1. The zero-order valence-corrected chi connectivity index (χ0v) is 14.0. The summed E-state index contributed by atoms with van der Waals surface area (Å²) in [6.45, 7) is 0. The van der Waals surface area contributed by atoms with Gasteiger partial charge in [0.2, 0.25) is 0 Å². The summed E-state index contributed by atoms with van der Waals surface area (Å²) in [4.78, 5) is 4.17. The van der Waals surface area contributed by atoms with Gasteiger partial charge in [0.25, 0.3) is 10.0 Å². The first-order valence-corrected chi connectivity index (χ1v) is 8.43. The maximum Gasteiger partial charge on any atom is 0.261 e. The first-order chi connectivity index (χ1) is 8.87. The molecule has 0 aliphatic rings. The topological polar surface area (TPSA) is 59.1 Å². The minimum absolute atomic E-state index is 0.140. The van der Waals surface area contributed by atoms with Crippen LogP contribution in [0.5, 0.6) is 0 Å². The van der Waals surface area contributed by atoms with Crippen molar-refractivity contribution in [3.8, 4) is 0 Å². The SMILES string of the molecule is O=S(=O)(Nc1cc(Br)nc(Br)c1)c1ccc(Cl)cc1. The quantitative estimate of drug-likeness (QED) is 0.753. The number of hydrogen-bond donors (Lipinski definition) is 1. The summed E-state index contributed by atoms with van der Waals surface area (Å²) in [5, 5.41) is 0.480. The lowest BCUT2D eigenvalue weighted by molar-refractivity contribution is 0.601. The van der Waals surface area contributed by atoms with Gasteiger partial charge in [-0.2, -0.15) is 0 Å². The van der Waals surface area contributed by atoms with Gasteiger partial charge in [0.15, 0.2) is 0 Å². The van der Waals surface area contributed by atoms with Crippen molar-refractivity contribution in [3.63, 3.8) is 0 Å². The third kappa shape index (κ3) is 3.92. The second-order valence-corrected chi connectivity index (χ2v) is 7.30. The van der Waals surface area contributed by atoms with Crippen LogP contribution in [-0.4, -0.2) is 13.4 Å². The van der Waals surface area contributed by atoms with E-state index in [0.29, 0.717) is 19.9 Å². The van der Waals surface area contributed by atoms with E-state index in [9.17, 15) is 8.42 Å². The summed E-state index contributed by atoms with van der Waals surface area (Å²) in [6.07, 6.45) is 0. The summed E-state index contributed by atoms with van der Waals surface area (Å²) in [6, 6.07) is 9.06. The Bertz CT molecular complexity index is 685. The Morgan fingerprint density at radius 2 is 1.58 bits per heavy atom. The molecule has 0 spiro atoms. The van der Waals surface area contributed by atoms with Crippen LogP contribution in [0, 0.1) is 0 Å². The molecule has 0 saturated heterocycles. The Kier molecular flexibility index (Phi) is 4.50. The van der Waals surface area contributed by atoms with Crippen molar-refractivity contribution >= 4 is 59.2 Å². The van der Waals surface area contributed by atoms with E-state index < -0.39 is 10.0 Å². The molecule has 0 radical (unpaired) electrons. The van der Waals surface area contributed by atoms with Gasteiger partial charge in [-0.05, 0) is 68.3 Å². The van der Waals surface area contributed by atoms with E-state index in [0.717, 1.165) is 0 Å². The maximum absolute atomic E-state index is 12.1. The third-order valence-corrected chi connectivity index (χ3v) is 4.60. The molecule has 8 heteroatoms. The van der Waals surface area contributed by atoms with Gasteiger partial charge in [0.1, 0.15) is 9.21 Å². The van der Waals surface area contributed by atoms with Crippen LogP contribution in [0.2, 0.25) is 5.02 Å². The summed E-state index contributed by atoms with van der Waals surface area (Å²) in [7, 11) is -3.64. The van der Waals surface area contributed by atoms with Gasteiger partial charge in [-0.1, -0.05) is 11.6 Å². The fourth-order valence-electron chi connectivity index (χ4n) is 1.35. The summed E-state index contributed by atoms with van der Waals surface area (Å²) in [5.41, 5.74) is 0.406. The number of hydrogen-bond acceptors (Lipinski definition) is 3. The second-order valence-electron chi connectivity index (χ2n) is 3.56. The molecule has 4 nitrogen and oxygen atoms in total. The number of nitrogens with zero attached hydrogens (tertiary/aromatic N) is 1. The summed E-state index contributed by atoms with van der Waals surface area (Å²) in [5.74, 6) is 0. The van der Waals surface area contributed by atoms with Crippen molar-refractivity contribution in [3.05, 3.63) is 50.6 Å². The Balaban J connectivity index is 2.33. The van der Waals surface area contributed by atoms with E-state index in [2.05, 4.69) is 41.6 Å². The number of rotatable bonds is 3. The molecule has 0 saturated carbocycles. The number of anilines is 1. The van der Waals surface area contributed by atoms with E-state index in [-0.39, 0.29) is 4.90 Å². The van der Waals surface area contributed by atoms with E-state index in [1.807, 2.05) is 0 Å². The van der Waals surface area contributed by atoms with E-state index in [4.69, 9.17) is 11.6 Å². The molecule has 0 amide bonds. The highest BCUT2D eigenvalue weighted by Crippen LogP contribution is 2.23. The Morgan fingerprint density at radius 3 is 2.11 bits per heavy atom. The van der Waals surface area contributed by atoms with Crippen molar-refractivity contribution in [1.82, 2.24) is 4.98 Å². The standard InChI is InChI=1S/C11H7Br2ClN2O2S/c12-10-5-8(6-11(13)15-10)16-19(17,18)9-3-1-7(14)2-4-9/h1-6H,(H,15,16). The minimum atomic E-state index is -3.64. The van der Waals surface area contributed by atoms with Gasteiger partial charge < -0.3 is 0 Å². The Hall–Kier alpha value is -0.630. The van der Waals surface area contributed by atoms with Gasteiger partial charge in [0.05, 0.1) is 10.6 Å². The van der Waals surface area contributed by atoms with E-state index >= 15 is 0 Å². The zero-order chi connectivity index (χ0) is 14.0. The highest BCUT2D eigenvalue weighted by atomic mass is 79.9. The molecule has 2 aromatic rings. The monoisotopic (exact) mass is 424 g/mol. The molecular formula is C11H7Br2ClN2O2S. The van der Waals surface area contributed by atoms with Crippen LogP contribution in [-0.2, 0) is 10.0 Å². The molecule has 2 rings (SSSR count). The van der Waals surface area contributed by atoms with Crippen LogP contribution in [0.1, 0.15) is 0 Å².